The summed E-state index contributed by atoms with van der Waals surface area (Å²) in [6, 6.07) is 0. The second kappa shape index (κ2) is 4.28. The van der Waals surface area contributed by atoms with E-state index in [0.717, 1.165) is 0 Å². The molecule has 0 saturated carbocycles. The van der Waals surface area contributed by atoms with Gasteiger partial charge < -0.3 is 0 Å². The second-order valence-electron chi connectivity index (χ2n) is 4.10. The summed E-state index contributed by atoms with van der Waals surface area (Å²) < 4.78 is 0. The van der Waals surface area contributed by atoms with Gasteiger partial charge in [0.05, 0.1) is 0 Å². The zero-order valence-electron chi connectivity index (χ0n) is 9.25. The van der Waals surface area contributed by atoms with Crippen LogP contribution in [0, 0.1) is 5.41 Å². The first kappa shape index (κ1) is 10.8. The average Bonchev–Trinajstić information content (AvgIpc) is 2.27. The standard InChI is InChI=1S/C14H18/c1-5-7-13-9-11-14(3,4)10-8-12(13)6-2/h5-11H,2H2,1,3-4H3/b7-5-. The molecule has 0 heteroatoms. The normalized spacial score (nSPS) is 20.2. The molecule has 0 aromatic carbocycles. The fourth-order valence-electron chi connectivity index (χ4n) is 1.37. The molecule has 0 bridgehead atoms. The van der Waals surface area contributed by atoms with Gasteiger partial charge in [-0.2, -0.15) is 0 Å². The van der Waals surface area contributed by atoms with Crippen LogP contribution in [-0.4, -0.2) is 0 Å². The summed E-state index contributed by atoms with van der Waals surface area (Å²) in [7, 11) is 0. The molecule has 1 aliphatic carbocycles. The minimum absolute atomic E-state index is 0.136. The van der Waals surface area contributed by atoms with Gasteiger partial charge in [-0.1, -0.05) is 63.0 Å². The van der Waals surface area contributed by atoms with E-state index in [0.29, 0.717) is 0 Å². The minimum atomic E-state index is 0.136. The molecule has 0 spiro atoms. The SMILES string of the molecule is C=CC1=C(/C=C\C)C=CC(C)(C)C=C1. The number of hydrogen-bond donors (Lipinski definition) is 0. The molecule has 0 aromatic heterocycles. The molecule has 1 aliphatic rings. The van der Waals surface area contributed by atoms with E-state index in [1.165, 1.54) is 11.1 Å². The zero-order valence-corrected chi connectivity index (χ0v) is 9.25. The lowest BCUT2D eigenvalue weighted by molar-refractivity contribution is 0.627. The van der Waals surface area contributed by atoms with Crippen molar-refractivity contribution in [1.82, 2.24) is 0 Å². The van der Waals surface area contributed by atoms with Crippen LogP contribution in [0.3, 0.4) is 0 Å². The van der Waals surface area contributed by atoms with E-state index in [1.54, 1.807) is 0 Å². The van der Waals surface area contributed by atoms with Crippen molar-refractivity contribution in [3.05, 3.63) is 60.3 Å². The van der Waals surface area contributed by atoms with E-state index >= 15 is 0 Å². The number of allylic oxidation sites excluding steroid dienone is 9. The van der Waals surface area contributed by atoms with Crippen molar-refractivity contribution in [2.75, 3.05) is 0 Å². The Labute approximate surface area is 87.0 Å². The highest BCUT2D eigenvalue weighted by Crippen LogP contribution is 2.26. The van der Waals surface area contributed by atoms with Gasteiger partial charge in [0, 0.05) is 5.41 Å². The van der Waals surface area contributed by atoms with Crippen molar-refractivity contribution < 1.29 is 0 Å². The van der Waals surface area contributed by atoms with Crippen molar-refractivity contribution in [1.29, 1.82) is 0 Å². The smallest absolute Gasteiger partial charge is 0.00111 e. The third-order valence-electron chi connectivity index (χ3n) is 2.28. The van der Waals surface area contributed by atoms with E-state index in [9.17, 15) is 0 Å². The van der Waals surface area contributed by atoms with Crippen molar-refractivity contribution in [2.45, 2.75) is 20.8 Å². The molecular formula is C14H18. The van der Waals surface area contributed by atoms with Crippen molar-refractivity contribution >= 4 is 0 Å². The molecule has 74 valence electrons. The van der Waals surface area contributed by atoms with E-state index in [-0.39, 0.29) is 5.41 Å². The highest BCUT2D eigenvalue weighted by molar-refractivity contribution is 5.48. The lowest BCUT2D eigenvalue weighted by Crippen LogP contribution is -2.00. The van der Waals surface area contributed by atoms with Crippen LogP contribution >= 0.6 is 0 Å². The summed E-state index contributed by atoms with van der Waals surface area (Å²) in [6.45, 7) is 10.2. The highest BCUT2D eigenvalue weighted by atomic mass is 14.2. The summed E-state index contributed by atoms with van der Waals surface area (Å²) in [5, 5.41) is 0. The van der Waals surface area contributed by atoms with Gasteiger partial charge in [0.2, 0.25) is 0 Å². The lowest BCUT2D eigenvalue weighted by Gasteiger charge is -2.12. The van der Waals surface area contributed by atoms with Crippen LogP contribution in [0.15, 0.2) is 60.3 Å². The summed E-state index contributed by atoms with van der Waals surface area (Å²) in [6.07, 6.45) is 14.8. The maximum absolute atomic E-state index is 3.83. The van der Waals surface area contributed by atoms with Crippen molar-refractivity contribution in [3.8, 4) is 0 Å². The third kappa shape index (κ3) is 2.59. The minimum Gasteiger partial charge on any atom is -0.0984 e. The monoisotopic (exact) mass is 186 g/mol. The molecule has 0 aliphatic heterocycles. The predicted octanol–water partition coefficient (Wildman–Crippen LogP) is 4.20. The average molecular weight is 186 g/mol. The summed E-state index contributed by atoms with van der Waals surface area (Å²) in [5.41, 5.74) is 2.55. The largest absolute Gasteiger partial charge is 0.0984 e. The molecule has 0 aromatic rings. The molecule has 0 atom stereocenters. The van der Waals surface area contributed by atoms with Crippen LogP contribution in [-0.2, 0) is 0 Å². The van der Waals surface area contributed by atoms with Crippen LogP contribution in [0.2, 0.25) is 0 Å². The fraction of sp³-hybridized carbons (Fsp3) is 0.286. The van der Waals surface area contributed by atoms with Gasteiger partial charge in [-0.05, 0) is 18.1 Å². The molecule has 0 radical (unpaired) electrons. The Morgan fingerprint density at radius 3 is 2.21 bits per heavy atom. The molecule has 0 unspecified atom stereocenters. The van der Waals surface area contributed by atoms with Gasteiger partial charge in [-0.15, -0.1) is 0 Å². The van der Waals surface area contributed by atoms with E-state index < -0.39 is 0 Å². The second-order valence-corrected chi connectivity index (χ2v) is 4.10. The third-order valence-corrected chi connectivity index (χ3v) is 2.28. The summed E-state index contributed by atoms with van der Waals surface area (Å²) in [4.78, 5) is 0. The van der Waals surface area contributed by atoms with Crippen LogP contribution in [0.4, 0.5) is 0 Å². The Kier molecular flexibility index (Phi) is 3.29. The fourth-order valence-corrected chi connectivity index (χ4v) is 1.37. The Morgan fingerprint density at radius 2 is 1.71 bits per heavy atom. The Balaban J connectivity index is 3.15. The van der Waals surface area contributed by atoms with E-state index in [1.807, 2.05) is 13.0 Å². The summed E-state index contributed by atoms with van der Waals surface area (Å²) in [5.74, 6) is 0. The topological polar surface area (TPSA) is 0 Å². The molecule has 0 amide bonds. The van der Waals surface area contributed by atoms with Crippen molar-refractivity contribution in [3.63, 3.8) is 0 Å². The summed E-state index contributed by atoms with van der Waals surface area (Å²) >= 11 is 0. The highest BCUT2D eigenvalue weighted by Gasteiger charge is 2.11. The van der Waals surface area contributed by atoms with Gasteiger partial charge in [-0.25, -0.2) is 0 Å². The lowest BCUT2D eigenvalue weighted by atomic mass is 9.93. The molecule has 1 rings (SSSR count). The molecule has 14 heavy (non-hydrogen) atoms. The predicted molar refractivity (Wildman–Crippen MR) is 64.1 cm³/mol. The maximum atomic E-state index is 3.83. The van der Waals surface area contributed by atoms with Gasteiger partial charge in [0.1, 0.15) is 0 Å². The van der Waals surface area contributed by atoms with E-state index in [2.05, 4.69) is 56.9 Å². The first-order valence-electron chi connectivity index (χ1n) is 4.97. The van der Waals surface area contributed by atoms with Crippen molar-refractivity contribution in [2.24, 2.45) is 5.41 Å². The maximum Gasteiger partial charge on any atom is 0.00111 e. The molecule has 0 N–H and O–H groups in total. The van der Waals surface area contributed by atoms with Gasteiger partial charge >= 0.3 is 0 Å². The first-order chi connectivity index (χ1) is 6.59. The van der Waals surface area contributed by atoms with Gasteiger partial charge in [-0.3, -0.25) is 0 Å². The number of rotatable bonds is 2. The Morgan fingerprint density at radius 1 is 1.14 bits per heavy atom. The van der Waals surface area contributed by atoms with E-state index in [4.69, 9.17) is 0 Å². The number of hydrogen-bond acceptors (Lipinski definition) is 0. The molecule has 0 saturated heterocycles. The van der Waals surface area contributed by atoms with Crippen LogP contribution in [0.25, 0.3) is 0 Å². The van der Waals surface area contributed by atoms with Gasteiger partial charge in [0.25, 0.3) is 0 Å². The molecular weight excluding hydrogens is 168 g/mol. The molecule has 0 fully saturated rings. The van der Waals surface area contributed by atoms with Crippen LogP contribution in [0.1, 0.15) is 20.8 Å². The zero-order chi connectivity index (χ0) is 10.6. The molecule has 0 heterocycles. The first-order valence-corrected chi connectivity index (χ1v) is 4.97. The van der Waals surface area contributed by atoms with Gasteiger partial charge in [0.15, 0.2) is 0 Å². The van der Waals surface area contributed by atoms with Crippen LogP contribution < -0.4 is 0 Å². The Bertz CT molecular complexity index is 333. The molecule has 0 nitrogen and oxygen atoms in total. The van der Waals surface area contributed by atoms with Crippen LogP contribution in [0.5, 0.6) is 0 Å². The quantitative estimate of drug-likeness (QED) is 0.606. The Hall–Kier alpha value is -1.30.